The lowest BCUT2D eigenvalue weighted by atomic mass is 10.00. The lowest BCUT2D eigenvalue weighted by Gasteiger charge is -2.10. The van der Waals surface area contributed by atoms with E-state index in [1.807, 2.05) is 0 Å². The highest BCUT2D eigenvalue weighted by Crippen LogP contribution is 2.17. The summed E-state index contributed by atoms with van der Waals surface area (Å²) in [6.07, 6.45) is 2.60. The number of rotatable bonds is 1. The molecule has 0 saturated carbocycles. The Labute approximate surface area is 51.5 Å². The molecule has 1 aliphatic rings. The molecule has 1 aliphatic heterocycles. The monoisotopic (exact) mass is 112 g/mol. The molecule has 0 bridgehead atoms. The van der Waals surface area contributed by atoms with E-state index in [1.54, 1.807) is 0 Å². The SMILES string of the molecule is [CH2][C@@H]1NCCC1CC. The third-order valence-corrected chi connectivity index (χ3v) is 2.02. The zero-order chi connectivity index (χ0) is 5.98. The Morgan fingerprint density at radius 2 is 2.50 bits per heavy atom. The van der Waals surface area contributed by atoms with Gasteiger partial charge in [0.05, 0.1) is 0 Å². The fourth-order valence-electron chi connectivity index (χ4n) is 1.31. The van der Waals surface area contributed by atoms with Gasteiger partial charge in [0, 0.05) is 6.04 Å². The van der Waals surface area contributed by atoms with Crippen molar-refractivity contribution >= 4 is 0 Å². The van der Waals surface area contributed by atoms with E-state index in [1.165, 1.54) is 19.4 Å². The molecule has 0 aromatic rings. The van der Waals surface area contributed by atoms with Crippen molar-refractivity contribution in [3.05, 3.63) is 6.92 Å². The van der Waals surface area contributed by atoms with Crippen molar-refractivity contribution in [3.8, 4) is 0 Å². The maximum atomic E-state index is 3.98. The molecule has 0 spiro atoms. The summed E-state index contributed by atoms with van der Waals surface area (Å²) in [6, 6.07) is 0.528. The Morgan fingerprint density at radius 1 is 1.75 bits per heavy atom. The van der Waals surface area contributed by atoms with Crippen molar-refractivity contribution in [2.24, 2.45) is 5.92 Å². The van der Waals surface area contributed by atoms with E-state index in [-0.39, 0.29) is 0 Å². The minimum atomic E-state index is 0.528. The lowest BCUT2D eigenvalue weighted by Crippen LogP contribution is -2.22. The number of hydrogen-bond donors (Lipinski definition) is 1. The summed E-state index contributed by atoms with van der Waals surface area (Å²) in [7, 11) is 0. The highest BCUT2D eigenvalue weighted by atomic mass is 14.9. The first-order chi connectivity index (χ1) is 3.84. The van der Waals surface area contributed by atoms with Crippen LogP contribution in [-0.4, -0.2) is 12.6 Å². The molecule has 1 radical (unpaired) electrons. The largest absolute Gasteiger partial charge is 0.314 e. The third kappa shape index (κ3) is 1.03. The van der Waals surface area contributed by atoms with E-state index >= 15 is 0 Å². The molecule has 8 heavy (non-hydrogen) atoms. The average Bonchev–Trinajstić information content (AvgIpc) is 2.14. The molecule has 1 nitrogen and oxygen atoms in total. The summed E-state index contributed by atoms with van der Waals surface area (Å²) in [4.78, 5) is 0. The molecule has 1 unspecified atom stereocenters. The van der Waals surface area contributed by atoms with Crippen LogP contribution in [0.3, 0.4) is 0 Å². The first-order valence-electron chi connectivity index (χ1n) is 3.41. The highest BCUT2D eigenvalue weighted by molar-refractivity contribution is 4.83. The number of nitrogens with one attached hydrogen (secondary N) is 1. The molecule has 1 heterocycles. The summed E-state index contributed by atoms with van der Waals surface area (Å²) in [5.74, 6) is 0.843. The van der Waals surface area contributed by atoms with Gasteiger partial charge in [-0.05, 0) is 25.8 Å². The van der Waals surface area contributed by atoms with Crippen LogP contribution in [0, 0.1) is 12.8 Å². The van der Waals surface area contributed by atoms with Gasteiger partial charge >= 0.3 is 0 Å². The first-order valence-corrected chi connectivity index (χ1v) is 3.41. The zero-order valence-electron chi connectivity index (χ0n) is 5.48. The fraction of sp³-hybridized carbons (Fsp3) is 0.857. The van der Waals surface area contributed by atoms with Crippen LogP contribution < -0.4 is 5.32 Å². The van der Waals surface area contributed by atoms with Gasteiger partial charge in [0.25, 0.3) is 0 Å². The fourth-order valence-corrected chi connectivity index (χ4v) is 1.31. The maximum absolute atomic E-state index is 3.98. The average molecular weight is 112 g/mol. The molecule has 1 rings (SSSR count). The van der Waals surface area contributed by atoms with Crippen LogP contribution in [0.1, 0.15) is 19.8 Å². The molecule has 47 valence electrons. The van der Waals surface area contributed by atoms with E-state index in [2.05, 4.69) is 19.2 Å². The molecule has 1 saturated heterocycles. The normalized spacial score (nSPS) is 38.2. The smallest absolute Gasteiger partial charge is 0.00962 e. The maximum Gasteiger partial charge on any atom is 0.00962 e. The Bertz CT molecular complexity index is 70.8. The van der Waals surface area contributed by atoms with Crippen molar-refractivity contribution in [1.82, 2.24) is 5.32 Å². The second-order valence-electron chi connectivity index (χ2n) is 2.52. The van der Waals surface area contributed by atoms with Crippen LogP contribution in [0.2, 0.25) is 0 Å². The topological polar surface area (TPSA) is 12.0 Å². The molecule has 1 fully saturated rings. The molecule has 1 N–H and O–H groups in total. The Morgan fingerprint density at radius 3 is 2.75 bits per heavy atom. The summed E-state index contributed by atoms with van der Waals surface area (Å²) in [5, 5.41) is 3.31. The van der Waals surface area contributed by atoms with Crippen LogP contribution in [0.5, 0.6) is 0 Å². The van der Waals surface area contributed by atoms with E-state index in [4.69, 9.17) is 0 Å². The van der Waals surface area contributed by atoms with Gasteiger partial charge in [-0.3, -0.25) is 0 Å². The van der Waals surface area contributed by atoms with Crippen molar-refractivity contribution in [3.63, 3.8) is 0 Å². The molecule has 0 aliphatic carbocycles. The molecule has 0 amide bonds. The second kappa shape index (κ2) is 2.49. The summed E-state index contributed by atoms with van der Waals surface area (Å²) in [5.41, 5.74) is 0. The summed E-state index contributed by atoms with van der Waals surface area (Å²) < 4.78 is 0. The van der Waals surface area contributed by atoms with Crippen LogP contribution in [0.15, 0.2) is 0 Å². The van der Waals surface area contributed by atoms with Crippen LogP contribution in [0.25, 0.3) is 0 Å². The Kier molecular flexibility index (Phi) is 1.90. The first kappa shape index (κ1) is 6.09. The van der Waals surface area contributed by atoms with Crippen LogP contribution in [-0.2, 0) is 0 Å². The van der Waals surface area contributed by atoms with Gasteiger partial charge in [-0.15, -0.1) is 0 Å². The van der Waals surface area contributed by atoms with Crippen molar-refractivity contribution in [2.45, 2.75) is 25.8 Å². The van der Waals surface area contributed by atoms with Crippen molar-refractivity contribution in [2.75, 3.05) is 6.54 Å². The van der Waals surface area contributed by atoms with Gasteiger partial charge in [0.1, 0.15) is 0 Å². The van der Waals surface area contributed by atoms with Gasteiger partial charge in [0.15, 0.2) is 0 Å². The van der Waals surface area contributed by atoms with Gasteiger partial charge in [0.2, 0.25) is 0 Å². The van der Waals surface area contributed by atoms with Gasteiger partial charge < -0.3 is 5.32 Å². The summed E-state index contributed by atoms with van der Waals surface area (Å²) in [6.45, 7) is 7.38. The van der Waals surface area contributed by atoms with Crippen LogP contribution >= 0.6 is 0 Å². The van der Waals surface area contributed by atoms with Crippen molar-refractivity contribution < 1.29 is 0 Å². The number of hydrogen-bond acceptors (Lipinski definition) is 1. The predicted octanol–water partition coefficient (Wildman–Crippen LogP) is 1.21. The molecule has 0 aromatic carbocycles. The van der Waals surface area contributed by atoms with Gasteiger partial charge in [-0.2, -0.15) is 0 Å². The molecule has 0 aromatic heterocycles. The highest BCUT2D eigenvalue weighted by Gasteiger charge is 2.19. The lowest BCUT2D eigenvalue weighted by molar-refractivity contribution is 0.493. The second-order valence-corrected chi connectivity index (χ2v) is 2.52. The Hall–Kier alpha value is -0.0400. The molecule has 1 heteroatoms. The Balaban J connectivity index is 2.30. The van der Waals surface area contributed by atoms with E-state index in [9.17, 15) is 0 Å². The quantitative estimate of drug-likeness (QED) is 0.537. The zero-order valence-corrected chi connectivity index (χ0v) is 5.48. The molecular weight excluding hydrogens is 98.1 g/mol. The van der Waals surface area contributed by atoms with Gasteiger partial charge in [-0.25, -0.2) is 0 Å². The minimum Gasteiger partial charge on any atom is -0.314 e. The van der Waals surface area contributed by atoms with E-state index in [0.29, 0.717) is 6.04 Å². The minimum absolute atomic E-state index is 0.528. The van der Waals surface area contributed by atoms with Crippen molar-refractivity contribution in [1.29, 1.82) is 0 Å². The van der Waals surface area contributed by atoms with E-state index < -0.39 is 0 Å². The van der Waals surface area contributed by atoms with Crippen LogP contribution in [0.4, 0.5) is 0 Å². The standard InChI is InChI=1S/C7H14N/c1-3-7-4-5-8-6(7)2/h6-8H,2-5H2,1H3/t6-,7?/m0/s1. The summed E-state index contributed by atoms with van der Waals surface area (Å²) >= 11 is 0. The molecule has 2 atom stereocenters. The van der Waals surface area contributed by atoms with Gasteiger partial charge in [-0.1, -0.05) is 13.3 Å². The predicted molar refractivity (Wildman–Crippen MR) is 35.5 cm³/mol. The van der Waals surface area contributed by atoms with E-state index in [0.717, 1.165) is 5.92 Å². The molecular formula is C7H14N. The third-order valence-electron chi connectivity index (χ3n) is 2.02.